The van der Waals surface area contributed by atoms with Crippen LogP contribution in [0.2, 0.25) is 5.02 Å². The molecule has 0 aliphatic carbocycles. The number of nitrogens with zero attached hydrogens (tertiary/aromatic N) is 1. The van der Waals surface area contributed by atoms with E-state index in [0.29, 0.717) is 6.04 Å². The van der Waals surface area contributed by atoms with Gasteiger partial charge < -0.3 is 10.6 Å². The van der Waals surface area contributed by atoms with E-state index in [9.17, 15) is 0 Å². The highest BCUT2D eigenvalue weighted by atomic mass is 35.5. The summed E-state index contributed by atoms with van der Waals surface area (Å²) in [6.45, 7) is 9.63. The van der Waals surface area contributed by atoms with Gasteiger partial charge in [-0.15, -0.1) is 0 Å². The Kier molecular flexibility index (Phi) is 5.97. The van der Waals surface area contributed by atoms with Gasteiger partial charge in [-0.3, -0.25) is 0 Å². The highest BCUT2D eigenvalue weighted by Crippen LogP contribution is 2.26. The molecule has 0 heterocycles. The fraction of sp³-hybridized carbons (Fsp3) is 0.600. The van der Waals surface area contributed by atoms with Crippen LogP contribution in [0.5, 0.6) is 0 Å². The Morgan fingerprint density at radius 2 is 1.94 bits per heavy atom. The number of anilines is 1. The zero-order valence-corrected chi connectivity index (χ0v) is 12.7. The summed E-state index contributed by atoms with van der Waals surface area (Å²) in [6.07, 6.45) is 1.96. The molecule has 3 heteroatoms. The standard InChI is InChI=1S/C15H25ClN2/c1-5-12(4)18(6-2)14-8-7-13(9-11(3)17)15(16)10-14/h7-8,10-12H,5-6,9,17H2,1-4H3. The Hall–Kier alpha value is -0.730. The van der Waals surface area contributed by atoms with Crippen molar-refractivity contribution < 1.29 is 0 Å². The zero-order valence-electron chi connectivity index (χ0n) is 11.9. The second-order valence-corrected chi connectivity index (χ2v) is 5.41. The van der Waals surface area contributed by atoms with Gasteiger partial charge >= 0.3 is 0 Å². The average Bonchev–Trinajstić information content (AvgIpc) is 2.32. The molecule has 0 radical (unpaired) electrons. The largest absolute Gasteiger partial charge is 0.369 e. The van der Waals surface area contributed by atoms with Crippen LogP contribution in [0.4, 0.5) is 5.69 Å². The van der Waals surface area contributed by atoms with E-state index in [4.69, 9.17) is 17.3 Å². The lowest BCUT2D eigenvalue weighted by Crippen LogP contribution is -2.32. The highest BCUT2D eigenvalue weighted by Gasteiger charge is 2.12. The number of hydrogen-bond acceptors (Lipinski definition) is 2. The van der Waals surface area contributed by atoms with E-state index in [1.807, 2.05) is 6.92 Å². The van der Waals surface area contributed by atoms with Gasteiger partial charge in [0.1, 0.15) is 0 Å². The number of hydrogen-bond donors (Lipinski definition) is 1. The molecule has 0 saturated carbocycles. The third kappa shape index (κ3) is 3.89. The first-order chi connectivity index (χ1) is 8.49. The lowest BCUT2D eigenvalue weighted by atomic mass is 10.1. The van der Waals surface area contributed by atoms with Gasteiger partial charge in [0.2, 0.25) is 0 Å². The molecule has 0 amide bonds. The van der Waals surface area contributed by atoms with Crippen molar-refractivity contribution in [1.29, 1.82) is 0 Å². The summed E-state index contributed by atoms with van der Waals surface area (Å²) in [4.78, 5) is 2.38. The molecule has 102 valence electrons. The Morgan fingerprint density at radius 1 is 1.28 bits per heavy atom. The van der Waals surface area contributed by atoms with Crippen LogP contribution in [-0.4, -0.2) is 18.6 Å². The molecule has 0 fully saturated rings. The van der Waals surface area contributed by atoms with E-state index >= 15 is 0 Å². The quantitative estimate of drug-likeness (QED) is 0.849. The smallest absolute Gasteiger partial charge is 0.0459 e. The lowest BCUT2D eigenvalue weighted by molar-refractivity contribution is 0.630. The summed E-state index contributed by atoms with van der Waals surface area (Å²) < 4.78 is 0. The van der Waals surface area contributed by atoms with Crippen LogP contribution in [0.25, 0.3) is 0 Å². The molecule has 18 heavy (non-hydrogen) atoms. The summed E-state index contributed by atoms with van der Waals surface area (Å²) in [5.74, 6) is 0. The number of benzene rings is 1. The summed E-state index contributed by atoms with van der Waals surface area (Å²) in [7, 11) is 0. The van der Waals surface area contributed by atoms with Crippen LogP contribution in [0.3, 0.4) is 0 Å². The molecule has 0 spiro atoms. The van der Waals surface area contributed by atoms with E-state index < -0.39 is 0 Å². The second-order valence-electron chi connectivity index (χ2n) is 5.00. The summed E-state index contributed by atoms with van der Waals surface area (Å²) in [6, 6.07) is 7.00. The van der Waals surface area contributed by atoms with Crippen molar-refractivity contribution >= 4 is 17.3 Å². The molecule has 2 unspecified atom stereocenters. The van der Waals surface area contributed by atoms with Gasteiger partial charge in [-0.1, -0.05) is 24.6 Å². The fourth-order valence-electron chi connectivity index (χ4n) is 2.20. The average molecular weight is 269 g/mol. The summed E-state index contributed by atoms with van der Waals surface area (Å²) in [5, 5.41) is 0.826. The van der Waals surface area contributed by atoms with Crippen LogP contribution >= 0.6 is 11.6 Å². The first kappa shape index (κ1) is 15.3. The minimum Gasteiger partial charge on any atom is -0.369 e. The van der Waals surface area contributed by atoms with E-state index in [2.05, 4.69) is 43.9 Å². The summed E-state index contributed by atoms with van der Waals surface area (Å²) >= 11 is 6.34. The van der Waals surface area contributed by atoms with Crippen molar-refractivity contribution in [2.75, 3.05) is 11.4 Å². The molecule has 0 aromatic heterocycles. The first-order valence-electron chi connectivity index (χ1n) is 6.80. The Bertz CT molecular complexity index is 377. The van der Waals surface area contributed by atoms with Gasteiger partial charge in [0.25, 0.3) is 0 Å². The maximum absolute atomic E-state index is 6.34. The Morgan fingerprint density at radius 3 is 2.39 bits per heavy atom. The third-order valence-electron chi connectivity index (χ3n) is 3.37. The molecule has 2 N–H and O–H groups in total. The molecular weight excluding hydrogens is 244 g/mol. The van der Waals surface area contributed by atoms with Crippen molar-refractivity contribution in [2.24, 2.45) is 5.73 Å². The normalized spacial score (nSPS) is 14.3. The van der Waals surface area contributed by atoms with Gasteiger partial charge in [-0.2, -0.15) is 0 Å². The van der Waals surface area contributed by atoms with Crippen molar-refractivity contribution in [3.05, 3.63) is 28.8 Å². The predicted octanol–water partition coefficient (Wildman–Crippen LogP) is 3.85. The molecule has 1 aromatic rings. The van der Waals surface area contributed by atoms with Crippen LogP contribution in [-0.2, 0) is 6.42 Å². The van der Waals surface area contributed by atoms with E-state index in [1.165, 1.54) is 5.69 Å². The van der Waals surface area contributed by atoms with E-state index in [0.717, 1.165) is 30.0 Å². The predicted molar refractivity (Wildman–Crippen MR) is 81.6 cm³/mol. The Balaban J connectivity index is 2.94. The monoisotopic (exact) mass is 268 g/mol. The van der Waals surface area contributed by atoms with Gasteiger partial charge in [-0.05, 0) is 51.3 Å². The molecule has 0 bridgehead atoms. The third-order valence-corrected chi connectivity index (χ3v) is 3.73. The number of halogens is 1. The van der Waals surface area contributed by atoms with E-state index in [1.54, 1.807) is 0 Å². The Labute approximate surface area is 116 Å². The van der Waals surface area contributed by atoms with Crippen molar-refractivity contribution in [1.82, 2.24) is 0 Å². The minimum absolute atomic E-state index is 0.144. The zero-order chi connectivity index (χ0) is 13.7. The van der Waals surface area contributed by atoms with Gasteiger partial charge in [0, 0.05) is 29.3 Å². The molecule has 2 atom stereocenters. The molecular formula is C15H25ClN2. The fourth-order valence-corrected chi connectivity index (χ4v) is 2.45. The summed E-state index contributed by atoms with van der Waals surface area (Å²) in [5.41, 5.74) is 8.15. The molecule has 2 nitrogen and oxygen atoms in total. The molecule has 0 aliphatic heterocycles. The topological polar surface area (TPSA) is 29.3 Å². The van der Waals surface area contributed by atoms with Crippen molar-refractivity contribution in [3.63, 3.8) is 0 Å². The van der Waals surface area contributed by atoms with Crippen molar-refractivity contribution in [3.8, 4) is 0 Å². The number of rotatable bonds is 6. The van der Waals surface area contributed by atoms with Crippen molar-refractivity contribution in [2.45, 2.75) is 52.6 Å². The SMILES string of the molecule is CCC(C)N(CC)c1ccc(CC(C)N)c(Cl)c1. The molecule has 0 saturated heterocycles. The molecule has 0 aliphatic rings. The molecule has 1 rings (SSSR count). The maximum Gasteiger partial charge on any atom is 0.0459 e. The highest BCUT2D eigenvalue weighted by molar-refractivity contribution is 6.31. The number of nitrogens with two attached hydrogens (primary N) is 1. The molecule has 1 aromatic carbocycles. The van der Waals surface area contributed by atoms with Crippen LogP contribution < -0.4 is 10.6 Å². The maximum atomic E-state index is 6.34. The van der Waals surface area contributed by atoms with Gasteiger partial charge in [-0.25, -0.2) is 0 Å². The first-order valence-corrected chi connectivity index (χ1v) is 7.18. The van der Waals surface area contributed by atoms with Crippen LogP contribution in [0.15, 0.2) is 18.2 Å². The van der Waals surface area contributed by atoms with Gasteiger partial charge in [0.05, 0.1) is 0 Å². The van der Waals surface area contributed by atoms with Crippen LogP contribution in [0, 0.1) is 0 Å². The second kappa shape index (κ2) is 7.01. The van der Waals surface area contributed by atoms with E-state index in [-0.39, 0.29) is 6.04 Å². The minimum atomic E-state index is 0.144. The van der Waals surface area contributed by atoms with Gasteiger partial charge in [0.15, 0.2) is 0 Å². The lowest BCUT2D eigenvalue weighted by Gasteiger charge is -2.30. The van der Waals surface area contributed by atoms with Crippen LogP contribution in [0.1, 0.15) is 39.7 Å².